The number of fused-ring (bicyclic) bond motifs is 2. The Hall–Kier alpha value is -3.45. The molecule has 2 aromatic carbocycles. The number of amides is 1. The van der Waals surface area contributed by atoms with Gasteiger partial charge in [-0.15, -0.1) is 0 Å². The van der Waals surface area contributed by atoms with Crippen LogP contribution in [0, 0.1) is 11.8 Å². The van der Waals surface area contributed by atoms with Gasteiger partial charge in [-0.05, 0) is 54.7 Å². The molecule has 4 atom stereocenters. The molecule has 6 rings (SSSR count). The first-order valence-corrected chi connectivity index (χ1v) is 16.8. The van der Waals surface area contributed by atoms with Crippen molar-refractivity contribution in [3.8, 4) is 0 Å². The van der Waals surface area contributed by atoms with E-state index < -0.39 is 0 Å². The zero-order valence-corrected chi connectivity index (χ0v) is 25.8. The molecule has 3 aliphatic rings. The van der Waals surface area contributed by atoms with Crippen molar-refractivity contribution >= 4 is 11.9 Å². The molecule has 1 N–H and O–H groups in total. The molecule has 1 aliphatic carbocycles. The first-order valence-electron chi connectivity index (χ1n) is 16.8. The molecule has 0 spiro atoms. The first-order chi connectivity index (χ1) is 21.6. The highest BCUT2D eigenvalue weighted by atomic mass is 16.5. The number of rotatable bonds is 14. The number of oxazole rings is 1. The predicted octanol–water partition coefficient (Wildman–Crippen LogP) is 7.33. The van der Waals surface area contributed by atoms with E-state index in [-0.39, 0.29) is 35.9 Å². The summed E-state index contributed by atoms with van der Waals surface area (Å²) in [4.78, 5) is 30.1. The van der Waals surface area contributed by atoms with Crippen LogP contribution in [0.5, 0.6) is 0 Å². The number of ether oxygens (including phenoxy) is 2. The Morgan fingerprint density at radius 3 is 2.50 bits per heavy atom. The number of aryl methyl sites for hydroxylation is 1. The van der Waals surface area contributed by atoms with E-state index in [1.807, 2.05) is 36.4 Å². The molecule has 0 unspecified atom stereocenters. The Morgan fingerprint density at radius 1 is 0.886 bits per heavy atom. The fraction of sp³-hybridized carbons (Fsp3) is 0.541. The van der Waals surface area contributed by atoms with Crippen molar-refractivity contribution in [2.75, 3.05) is 6.54 Å². The minimum Gasteiger partial charge on any atom is -0.461 e. The third-order valence-electron chi connectivity index (χ3n) is 9.93. The zero-order valence-electron chi connectivity index (χ0n) is 25.8. The summed E-state index contributed by atoms with van der Waals surface area (Å²) in [6, 6.07) is 18.1. The fourth-order valence-corrected chi connectivity index (χ4v) is 7.55. The van der Waals surface area contributed by atoms with Gasteiger partial charge in [-0.25, -0.2) is 4.98 Å². The van der Waals surface area contributed by atoms with Crippen LogP contribution in [0.25, 0.3) is 0 Å². The molecule has 3 heterocycles. The Balaban J connectivity index is 1.02. The number of carbonyl (C=O) groups is 2. The average Bonchev–Trinajstić information content (AvgIpc) is 3.82. The van der Waals surface area contributed by atoms with E-state index in [1.165, 1.54) is 50.4 Å². The SMILES string of the molecule is O=C(CCc1ccccc1C[C@@H]1[C@H](c2nc(C(=O)NCCCCC3CCCCC3)co2)[C@H]2CC[C@@H]1O2)OCc1ccccc1. The van der Waals surface area contributed by atoms with Crippen molar-refractivity contribution in [2.45, 2.75) is 108 Å². The van der Waals surface area contributed by atoms with Gasteiger partial charge in [0.1, 0.15) is 12.9 Å². The van der Waals surface area contributed by atoms with Crippen molar-refractivity contribution in [2.24, 2.45) is 11.8 Å². The van der Waals surface area contributed by atoms with Gasteiger partial charge in [0.15, 0.2) is 5.69 Å². The van der Waals surface area contributed by atoms with Crippen molar-refractivity contribution in [1.29, 1.82) is 0 Å². The van der Waals surface area contributed by atoms with Crippen molar-refractivity contribution in [3.05, 3.63) is 89.1 Å². The maximum absolute atomic E-state index is 12.9. The lowest BCUT2D eigenvalue weighted by Crippen LogP contribution is -2.28. The maximum atomic E-state index is 12.9. The van der Waals surface area contributed by atoms with E-state index in [4.69, 9.17) is 13.9 Å². The molecule has 234 valence electrons. The number of unbranched alkanes of at least 4 members (excludes halogenated alkanes) is 1. The summed E-state index contributed by atoms with van der Waals surface area (Å²) in [5, 5.41) is 3.04. The van der Waals surface area contributed by atoms with E-state index in [9.17, 15) is 9.59 Å². The second kappa shape index (κ2) is 15.0. The molecule has 1 amide bonds. The summed E-state index contributed by atoms with van der Waals surface area (Å²) in [5.41, 5.74) is 3.71. The Labute approximate surface area is 261 Å². The largest absolute Gasteiger partial charge is 0.461 e. The number of hydrogen-bond acceptors (Lipinski definition) is 6. The molecule has 7 heteroatoms. The van der Waals surface area contributed by atoms with Crippen LogP contribution in [-0.2, 0) is 33.7 Å². The van der Waals surface area contributed by atoms with Gasteiger partial charge in [-0.3, -0.25) is 9.59 Å². The van der Waals surface area contributed by atoms with Gasteiger partial charge in [-0.2, -0.15) is 0 Å². The summed E-state index contributed by atoms with van der Waals surface area (Å²) < 4.78 is 17.8. The summed E-state index contributed by atoms with van der Waals surface area (Å²) in [5.74, 6) is 1.33. The molecule has 1 saturated carbocycles. The number of nitrogens with one attached hydrogen (secondary N) is 1. The number of aromatic nitrogens is 1. The average molecular weight is 599 g/mol. The number of esters is 1. The molecule has 2 bridgehead atoms. The third kappa shape index (κ3) is 7.79. The number of benzene rings is 2. The van der Waals surface area contributed by atoms with E-state index in [2.05, 4.69) is 28.5 Å². The molecule has 3 aromatic rings. The van der Waals surface area contributed by atoms with Crippen LogP contribution in [0.15, 0.2) is 65.3 Å². The summed E-state index contributed by atoms with van der Waals surface area (Å²) in [6.45, 7) is 0.965. The van der Waals surface area contributed by atoms with Gasteiger partial charge in [0.25, 0.3) is 5.91 Å². The molecular formula is C37H46N2O5. The topological polar surface area (TPSA) is 90.7 Å². The maximum Gasteiger partial charge on any atom is 0.306 e. The van der Waals surface area contributed by atoms with Crippen molar-refractivity contribution in [3.63, 3.8) is 0 Å². The van der Waals surface area contributed by atoms with Crippen molar-refractivity contribution < 1.29 is 23.5 Å². The smallest absolute Gasteiger partial charge is 0.306 e. The normalized spacial score (nSPS) is 23.1. The highest BCUT2D eigenvalue weighted by Crippen LogP contribution is 2.50. The number of carbonyl (C=O) groups excluding carboxylic acids is 2. The molecule has 44 heavy (non-hydrogen) atoms. The summed E-state index contributed by atoms with van der Waals surface area (Å²) in [6.07, 6.45) is 15.8. The minimum atomic E-state index is -0.195. The molecule has 2 aliphatic heterocycles. The van der Waals surface area contributed by atoms with Crippen LogP contribution >= 0.6 is 0 Å². The molecule has 7 nitrogen and oxygen atoms in total. The molecule has 1 aromatic heterocycles. The van der Waals surface area contributed by atoms with E-state index in [0.29, 0.717) is 37.6 Å². The Morgan fingerprint density at radius 2 is 1.66 bits per heavy atom. The van der Waals surface area contributed by atoms with Crippen LogP contribution in [0.4, 0.5) is 0 Å². The van der Waals surface area contributed by atoms with Crippen molar-refractivity contribution in [1.82, 2.24) is 10.3 Å². The second-order valence-electron chi connectivity index (χ2n) is 12.9. The van der Waals surface area contributed by atoms with E-state index in [1.54, 1.807) is 0 Å². The zero-order chi connectivity index (χ0) is 30.1. The van der Waals surface area contributed by atoms with Gasteiger partial charge in [0.05, 0.1) is 18.1 Å². The highest BCUT2D eigenvalue weighted by molar-refractivity contribution is 5.91. The van der Waals surface area contributed by atoms with Crippen LogP contribution in [0.2, 0.25) is 0 Å². The third-order valence-corrected chi connectivity index (χ3v) is 9.93. The van der Waals surface area contributed by atoms with Crippen LogP contribution in [0.3, 0.4) is 0 Å². The molecule has 2 saturated heterocycles. The predicted molar refractivity (Wildman–Crippen MR) is 168 cm³/mol. The number of hydrogen-bond donors (Lipinski definition) is 1. The lowest BCUT2D eigenvalue weighted by molar-refractivity contribution is -0.144. The Kier molecular flexibility index (Phi) is 10.4. The number of nitrogens with zero attached hydrogens (tertiary/aromatic N) is 1. The molecular weight excluding hydrogens is 552 g/mol. The lowest BCUT2D eigenvalue weighted by atomic mass is 9.75. The van der Waals surface area contributed by atoms with Crippen LogP contribution in [0.1, 0.15) is 110 Å². The van der Waals surface area contributed by atoms with Gasteiger partial charge >= 0.3 is 5.97 Å². The highest BCUT2D eigenvalue weighted by Gasteiger charge is 2.51. The monoisotopic (exact) mass is 598 g/mol. The first kappa shape index (κ1) is 30.6. The summed E-state index contributed by atoms with van der Waals surface area (Å²) in [7, 11) is 0. The minimum absolute atomic E-state index is 0.00897. The molecule has 0 radical (unpaired) electrons. The quantitative estimate of drug-likeness (QED) is 0.154. The second-order valence-corrected chi connectivity index (χ2v) is 12.9. The van der Waals surface area contributed by atoms with Gasteiger partial charge < -0.3 is 19.2 Å². The van der Waals surface area contributed by atoms with Crippen LogP contribution in [-0.4, -0.2) is 35.6 Å². The fourth-order valence-electron chi connectivity index (χ4n) is 7.55. The lowest BCUT2D eigenvalue weighted by Gasteiger charge is -2.26. The molecule has 3 fully saturated rings. The summed E-state index contributed by atoms with van der Waals surface area (Å²) >= 11 is 0. The standard InChI is InChI=1S/C37H46N2O5/c40-34(42-24-27-14-5-2-6-15-27)21-18-28-16-7-8-17-29(28)23-30-32-19-20-33(44-32)35(30)37-39-31(25-43-37)36(41)38-22-10-9-13-26-11-3-1-4-12-26/h2,5-8,14-17,25-26,30,32-33,35H,1,3-4,9-13,18-24H2,(H,38,41)/t30-,32-,33+,35-/m0/s1. The van der Waals surface area contributed by atoms with Gasteiger partial charge in [0.2, 0.25) is 5.89 Å². The Bertz CT molecular complexity index is 1360. The van der Waals surface area contributed by atoms with Gasteiger partial charge in [-0.1, -0.05) is 99.5 Å². The van der Waals surface area contributed by atoms with Crippen LogP contribution < -0.4 is 5.32 Å². The van der Waals surface area contributed by atoms with E-state index >= 15 is 0 Å². The van der Waals surface area contributed by atoms with E-state index in [0.717, 1.165) is 49.1 Å². The van der Waals surface area contributed by atoms with Gasteiger partial charge in [0, 0.05) is 18.9 Å².